The van der Waals surface area contributed by atoms with Gasteiger partial charge in [0, 0.05) is 0 Å². The van der Waals surface area contributed by atoms with Gasteiger partial charge in [-0.25, -0.2) is 0 Å². The summed E-state index contributed by atoms with van der Waals surface area (Å²) in [6.45, 7) is 16.0. The second kappa shape index (κ2) is 5.80. The van der Waals surface area contributed by atoms with E-state index in [1.54, 1.807) is 0 Å². The molecule has 0 heterocycles. The molecule has 0 aliphatic carbocycles. The number of hydrogen-bond acceptors (Lipinski definition) is 1. The van der Waals surface area contributed by atoms with Crippen molar-refractivity contribution in [2.24, 2.45) is 0 Å². The third-order valence-corrected chi connectivity index (χ3v) is 4.23. The maximum atomic E-state index is 5.83. The third-order valence-electron chi connectivity index (χ3n) is 3.66. The Bertz CT molecular complexity index is 420. The molecule has 1 unspecified atom stereocenters. The summed E-state index contributed by atoms with van der Waals surface area (Å²) in [5.41, 5.74) is 4.63. The van der Waals surface area contributed by atoms with Gasteiger partial charge in [-0.15, -0.1) is 0 Å². The Hall–Kier alpha value is -0.603. The molecule has 0 aliphatic heterocycles. The Morgan fingerprint density at radius 3 is 2.00 bits per heavy atom. The second-order valence-corrected chi connectivity index (χ2v) is 7.87. The van der Waals surface area contributed by atoms with Gasteiger partial charge in [0.25, 0.3) is 0 Å². The van der Waals surface area contributed by atoms with Crippen molar-refractivity contribution in [3.8, 4) is 0 Å². The zero-order chi connectivity index (χ0) is 14.8. The zero-order valence-electron chi connectivity index (χ0n) is 13.9. The van der Waals surface area contributed by atoms with Crippen molar-refractivity contribution in [1.29, 1.82) is 0 Å². The minimum atomic E-state index is 0.146. The molecular formula is C17H30OSi. The third kappa shape index (κ3) is 3.70. The molecule has 0 spiro atoms. The van der Waals surface area contributed by atoms with E-state index >= 15 is 0 Å². The predicted molar refractivity (Wildman–Crippen MR) is 87.9 cm³/mol. The molecule has 1 rings (SSSR count). The normalized spacial score (nSPS) is 14.7. The first-order valence-corrected chi connectivity index (χ1v) is 8.11. The van der Waals surface area contributed by atoms with Crippen molar-refractivity contribution in [1.82, 2.24) is 0 Å². The van der Waals surface area contributed by atoms with Gasteiger partial charge < -0.3 is 4.43 Å². The lowest BCUT2D eigenvalue weighted by molar-refractivity contribution is 0.218. The Morgan fingerprint density at radius 1 is 1.05 bits per heavy atom. The van der Waals surface area contributed by atoms with Crippen LogP contribution in [0.4, 0.5) is 0 Å². The maximum absolute atomic E-state index is 5.83. The van der Waals surface area contributed by atoms with Crippen LogP contribution in [0, 0.1) is 0 Å². The highest BCUT2D eigenvalue weighted by atomic mass is 28.2. The summed E-state index contributed by atoms with van der Waals surface area (Å²) in [5.74, 6) is 0. The van der Waals surface area contributed by atoms with E-state index in [0.717, 1.165) is 16.9 Å². The van der Waals surface area contributed by atoms with Crippen LogP contribution < -0.4 is 0 Å². The molecule has 1 atom stereocenters. The first-order valence-electron chi connectivity index (χ1n) is 7.29. The fourth-order valence-corrected chi connectivity index (χ4v) is 3.40. The lowest BCUT2D eigenvalue weighted by Gasteiger charge is -2.34. The molecule has 0 N–H and O–H groups in total. The molecule has 108 valence electrons. The number of hydrogen-bond donors (Lipinski definition) is 0. The Kier molecular flexibility index (Phi) is 5.02. The van der Waals surface area contributed by atoms with Gasteiger partial charge in [0.05, 0.1) is 6.10 Å². The van der Waals surface area contributed by atoms with Crippen LogP contribution in [0.15, 0.2) is 18.2 Å². The van der Waals surface area contributed by atoms with E-state index in [4.69, 9.17) is 4.43 Å². The minimum absolute atomic E-state index is 0.146. The van der Waals surface area contributed by atoms with Crippen LogP contribution in [-0.2, 0) is 15.3 Å². The van der Waals surface area contributed by atoms with E-state index in [1.807, 2.05) is 0 Å². The van der Waals surface area contributed by atoms with Crippen LogP contribution in [0.25, 0.3) is 0 Å². The van der Waals surface area contributed by atoms with Crippen molar-refractivity contribution in [3.63, 3.8) is 0 Å². The molecule has 0 amide bonds. The molecular weight excluding hydrogens is 248 g/mol. The SMILES string of the molecule is CCC(O[SiH3])c1cccc(C(C)(C)C)c1C(C)(C)C. The van der Waals surface area contributed by atoms with E-state index in [-0.39, 0.29) is 16.9 Å². The van der Waals surface area contributed by atoms with Gasteiger partial charge in [0.1, 0.15) is 10.5 Å². The van der Waals surface area contributed by atoms with Crippen molar-refractivity contribution in [2.45, 2.75) is 71.8 Å². The Balaban J connectivity index is 3.57. The highest BCUT2D eigenvalue weighted by Crippen LogP contribution is 2.39. The minimum Gasteiger partial charge on any atom is -0.421 e. The molecule has 0 saturated carbocycles. The smallest absolute Gasteiger partial charge is 0.146 e. The summed E-state index contributed by atoms with van der Waals surface area (Å²) in [7, 11) is 0.789. The van der Waals surface area contributed by atoms with Crippen LogP contribution in [0.1, 0.15) is 77.7 Å². The van der Waals surface area contributed by atoms with Crippen LogP contribution in [-0.4, -0.2) is 10.5 Å². The van der Waals surface area contributed by atoms with Gasteiger partial charge in [-0.2, -0.15) is 0 Å². The van der Waals surface area contributed by atoms with Crippen molar-refractivity contribution >= 4 is 10.5 Å². The van der Waals surface area contributed by atoms with Crippen molar-refractivity contribution in [3.05, 3.63) is 34.9 Å². The fraction of sp³-hybridized carbons (Fsp3) is 0.647. The van der Waals surface area contributed by atoms with Crippen LogP contribution in [0.2, 0.25) is 0 Å². The van der Waals surface area contributed by atoms with E-state index in [0.29, 0.717) is 0 Å². The fourth-order valence-electron chi connectivity index (χ4n) is 2.81. The summed E-state index contributed by atoms with van der Waals surface area (Å²) in [5, 5.41) is 0. The quantitative estimate of drug-likeness (QED) is 0.759. The standard InChI is InChI=1S/C17H30OSi/c1-8-14(18-19)12-10-9-11-13(16(2,3)4)15(12)17(5,6)7/h9-11,14H,8H2,1-7,19H3. The Morgan fingerprint density at radius 2 is 1.63 bits per heavy atom. The average molecular weight is 279 g/mol. The van der Waals surface area contributed by atoms with E-state index < -0.39 is 0 Å². The summed E-state index contributed by atoms with van der Waals surface area (Å²) in [6, 6.07) is 6.72. The highest BCUT2D eigenvalue weighted by Gasteiger charge is 2.29. The molecule has 0 saturated heterocycles. The summed E-state index contributed by atoms with van der Waals surface area (Å²) in [4.78, 5) is 0. The molecule has 0 fully saturated rings. The topological polar surface area (TPSA) is 9.23 Å². The highest BCUT2D eigenvalue weighted by molar-refractivity contribution is 5.98. The maximum Gasteiger partial charge on any atom is 0.146 e. The molecule has 1 nitrogen and oxygen atoms in total. The number of rotatable bonds is 3. The van der Waals surface area contributed by atoms with Crippen molar-refractivity contribution < 1.29 is 4.43 Å². The van der Waals surface area contributed by atoms with E-state index in [2.05, 4.69) is 66.7 Å². The molecule has 2 heteroatoms. The van der Waals surface area contributed by atoms with Crippen LogP contribution in [0.3, 0.4) is 0 Å². The summed E-state index contributed by atoms with van der Waals surface area (Å²) < 4.78 is 5.83. The van der Waals surface area contributed by atoms with Crippen LogP contribution in [0.5, 0.6) is 0 Å². The largest absolute Gasteiger partial charge is 0.421 e. The molecule has 1 aromatic rings. The van der Waals surface area contributed by atoms with E-state index in [1.165, 1.54) is 16.7 Å². The van der Waals surface area contributed by atoms with Gasteiger partial charge in [-0.1, -0.05) is 66.7 Å². The van der Waals surface area contributed by atoms with Gasteiger partial charge in [-0.05, 0) is 33.9 Å². The Labute approximate surface area is 122 Å². The van der Waals surface area contributed by atoms with Gasteiger partial charge in [0.15, 0.2) is 0 Å². The zero-order valence-corrected chi connectivity index (χ0v) is 15.9. The van der Waals surface area contributed by atoms with Gasteiger partial charge in [-0.3, -0.25) is 0 Å². The first kappa shape index (κ1) is 16.5. The lowest BCUT2D eigenvalue weighted by atomic mass is 9.72. The first-order chi connectivity index (χ1) is 8.62. The average Bonchev–Trinajstić information content (AvgIpc) is 2.28. The molecule has 1 aromatic carbocycles. The van der Waals surface area contributed by atoms with Crippen molar-refractivity contribution in [2.75, 3.05) is 0 Å². The summed E-state index contributed by atoms with van der Waals surface area (Å²) in [6.07, 6.45) is 1.29. The second-order valence-electron chi connectivity index (χ2n) is 7.40. The molecule has 0 aromatic heterocycles. The molecule has 19 heavy (non-hydrogen) atoms. The van der Waals surface area contributed by atoms with Crippen LogP contribution >= 0.6 is 0 Å². The lowest BCUT2D eigenvalue weighted by Crippen LogP contribution is -2.25. The van der Waals surface area contributed by atoms with E-state index in [9.17, 15) is 0 Å². The molecule has 0 aliphatic rings. The van der Waals surface area contributed by atoms with Gasteiger partial charge in [0.2, 0.25) is 0 Å². The van der Waals surface area contributed by atoms with Gasteiger partial charge >= 0.3 is 0 Å². The summed E-state index contributed by atoms with van der Waals surface area (Å²) >= 11 is 0. The predicted octanol–water partition coefficient (Wildman–Crippen LogP) is 4.03. The molecule has 0 radical (unpaired) electrons. The number of benzene rings is 1. The molecule has 0 bridgehead atoms. The monoisotopic (exact) mass is 278 g/mol.